The van der Waals surface area contributed by atoms with E-state index in [0.717, 1.165) is 0 Å². The highest BCUT2D eigenvalue weighted by atomic mass is 31.1. The summed E-state index contributed by atoms with van der Waals surface area (Å²) in [5.74, 6) is 0. The first kappa shape index (κ1) is 15.8. The molecule has 3 aromatic rings. The number of anilines is 1. The molecule has 116 valence electrons. The van der Waals surface area contributed by atoms with Gasteiger partial charge in [0, 0.05) is 25.1 Å². The number of aryl methyl sites for hydroxylation is 1. The second-order valence-electron chi connectivity index (χ2n) is 5.84. The highest BCUT2D eigenvalue weighted by molar-refractivity contribution is 7.80. The summed E-state index contributed by atoms with van der Waals surface area (Å²) in [7, 11) is 3.71. The number of hydrogen-bond donors (Lipinski definition) is 0. The van der Waals surface area contributed by atoms with Crippen molar-refractivity contribution in [3.05, 3.63) is 84.4 Å². The number of benzene rings is 3. The van der Waals surface area contributed by atoms with Gasteiger partial charge < -0.3 is 4.90 Å². The zero-order valence-electron chi connectivity index (χ0n) is 13.9. The van der Waals surface area contributed by atoms with E-state index in [4.69, 9.17) is 0 Å². The molecule has 1 nitrogen and oxygen atoms in total. The fraction of sp³-hybridized carbons (Fsp3) is 0.143. The molecule has 0 N–H and O–H groups in total. The van der Waals surface area contributed by atoms with Crippen molar-refractivity contribution in [2.24, 2.45) is 0 Å². The molecule has 0 aliphatic carbocycles. The third-order valence-electron chi connectivity index (χ3n) is 3.93. The Balaban J connectivity index is 2.24. The molecule has 0 atom stereocenters. The Hall–Kier alpha value is -2.11. The van der Waals surface area contributed by atoms with E-state index >= 15 is 0 Å². The van der Waals surface area contributed by atoms with E-state index < -0.39 is 7.92 Å². The predicted octanol–water partition coefficient (Wildman–Crippen LogP) is 3.82. The monoisotopic (exact) mass is 319 g/mol. The molecule has 0 aliphatic heterocycles. The van der Waals surface area contributed by atoms with Gasteiger partial charge in [0.2, 0.25) is 0 Å². The van der Waals surface area contributed by atoms with E-state index in [1.807, 2.05) is 0 Å². The molecular weight excluding hydrogens is 297 g/mol. The van der Waals surface area contributed by atoms with Crippen LogP contribution in [0.1, 0.15) is 5.56 Å². The lowest BCUT2D eigenvalue weighted by atomic mass is 10.2. The molecule has 23 heavy (non-hydrogen) atoms. The highest BCUT2D eigenvalue weighted by Crippen LogP contribution is 2.37. The summed E-state index contributed by atoms with van der Waals surface area (Å²) in [6, 6.07) is 28.4. The van der Waals surface area contributed by atoms with Crippen LogP contribution in [0.5, 0.6) is 0 Å². The molecule has 0 amide bonds. The molecule has 0 saturated heterocycles. The van der Waals surface area contributed by atoms with Crippen molar-refractivity contribution in [1.29, 1.82) is 0 Å². The highest BCUT2D eigenvalue weighted by Gasteiger charge is 2.21. The normalized spacial score (nSPS) is 10.8. The van der Waals surface area contributed by atoms with Crippen LogP contribution in [0.3, 0.4) is 0 Å². The fourth-order valence-corrected chi connectivity index (χ4v) is 5.61. The number of nitrogens with zero attached hydrogens (tertiary/aromatic N) is 1. The number of hydrogen-bond acceptors (Lipinski definition) is 1. The molecule has 2 heteroatoms. The Bertz CT molecular complexity index is 727. The maximum absolute atomic E-state index is 2.29. The molecule has 0 radical (unpaired) electrons. The van der Waals surface area contributed by atoms with E-state index in [-0.39, 0.29) is 0 Å². The van der Waals surface area contributed by atoms with Crippen LogP contribution in [0.15, 0.2) is 78.9 Å². The molecule has 3 rings (SSSR count). The van der Waals surface area contributed by atoms with Gasteiger partial charge in [0.1, 0.15) is 0 Å². The second-order valence-corrected chi connectivity index (χ2v) is 8.03. The number of rotatable bonds is 4. The zero-order valence-corrected chi connectivity index (χ0v) is 14.8. The Morgan fingerprint density at radius 1 is 0.652 bits per heavy atom. The Morgan fingerprint density at radius 3 is 1.65 bits per heavy atom. The Kier molecular flexibility index (Phi) is 4.79. The minimum atomic E-state index is -0.557. The first-order valence-electron chi connectivity index (χ1n) is 7.85. The minimum absolute atomic E-state index is 0.557. The van der Waals surface area contributed by atoms with Crippen LogP contribution in [0.2, 0.25) is 0 Å². The van der Waals surface area contributed by atoms with Gasteiger partial charge in [-0.2, -0.15) is 0 Å². The largest absolute Gasteiger partial charge is 0.377 e. The van der Waals surface area contributed by atoms with Gasteiger partial charge in [-0.3, -0.25) is 0 Å². The van der Waals surface area contributed by atoms with Gasteiger partial charge in [0.25, 0.3) is 0 Å². The molecular formula is C21H22NP. The van der Waals surface area contributed by atoms with Crippen LogP contribution in [0, 0.1) is 6.92 Å². The van der Waals surface area contributed by atoms with E-state index in [9.17, 15) is 0 Å². The second kappa shape index (κ2) is 6.98. The van der Waals surface area contributed by atoms with Crippen molar-refractivity contribution in [2.75, 3.05) is 19.0 Å². The Labute approximate surface area is 140 Å². The standard InChI is InChI=1S/C21H22NP/c1-17-11-10-16-20(21(17)22(2)3)23(18-12-6-4-7-13-18)19-14-8-5-9-15-19/h4-16H,1-3H3. The van der Waals surface area contributed by atoms with E-state index in [1.165, 1.54) is 27.2 Å². The summed E-state index contributed by atoms with van der Waals surface area (Å²) >= 11 is 0. The minimum Gasteiger partial charge on any atom is -0.377 e. The fourth-order valence-electron chi connectivity index (χ4n) is 2.99. The maximum Gasteiger partial charge on any atom is 0.0475 e. The summed E-state index contributed by atoms with van der Waals surface area (Å²) in [5, 5.41) is 4.20. The van der Waals surface area contributed by atoms with E-state index in [1.54, 1.807) is 0 Å². The van der Waals surface area contributed by atoms with Crippen molar-refractivity contribution < 1.29 is 0 Å². The van der Waals surface area contributed by atoms with Crippen molar-refractivity contribution in [3.63, 3.8) is 0 Å². The van der Waals surface area contributed by atoms with Gasteiger partial charge >= 0.3 is 0 Å². The summed E-state index contributed by atoms with van der Waals surface area (Å²) in [6.45, 7) is 2.20. The van der Waals surface area contributed by atoms with Crippen LogP contribution in [0.4, 0.5) is 5.69 Å². The Morgan fingerprint density at radius 2 is 1.17 bits per heavy atom. The van der Waals surface area contributed by atoms with Gasteiger partial charge in [-0.1, -0.05) is 78.9 Å². The topological polar surface area (TPSA) is 3.24 Å². The molecule has 0 spiro atoms. The summed E-state index contributed by atoms with van der Waals surface area (Å²) in [5.41, 5.74) is 2.66. The third-order valence-corrected chi connectivity index (χ3v) is 6.41. The third kappa shape index (κ3) is 3.30. The van der Waals surface area contributed by atoms with Crippen LogP contribution >= 0.6 is 7.92 Å². The average Bonchev–Trinajstić information content (AvgIpc) is 2.57. The molecule has 0 fully saturated rings. The van der Waals surface area contributed by atoms with Crippen LogP contribution in [-0.4, -0.2) is 14.1 Å². The van der Waals surface area contributed by atoms with Gasteiger partial charge in [-0.15, -0.1) is 0 Å². The predicted molar refractivity (Wildman–Crippen MR) is 104 cm³/mol. The van der Waals surface area contributed by atoms with Gasteiger partial charge in [0.05, 0.1) is 0 Å². The lowest BCUT2D eigenvalue weighted by Gasteiger charge is -2.27. The molecule has 0 aromatic heterocycles. The van der Waals surface area contributed by atoms with Crippen LogP contribution in [-0.2, 0) is 0 Å². The van der Waals surface area contributed by atoms with Crippen molar-refractivity contribution >= 4 is 29.5 Å². The van der Waals surface area contributed by atoms with Crippen molar-refractivity contribution in [2.45, 2.75) is 6.92 Å². The van der Waals surface area contributed by atoms with Crippen molar-refractivity contribution in [1.82, 2.24) is 0 Å². The molecule has 0 aliphatic rings. The molecule has 0 unspecified atom stereocenters. The first-order chi connectivity index (χ1) is 11.2. The average molecular weight is 319 g/mol. The lowest BCUT2D eigenvalue weighted by Crippen LogP contribution is -2.26. The molecule has 0 heterocycles. The lowest BCUT2D eigenvalue weighted by molar-refractivity contribution is 1.12. The zero-order chi connectivity index (χ0) is 16.2. The van der Waals surface area contributed by atoms with Crippen molar-refractivity contribution in [3.8, 4) is 0 Å². The van der Waals surface area contributed by atoms with Gasteiger partial charge in [-0.05, 0) is 31.0 Å². The molecule has 0 saturated carbocycles. The van der Waals surface area contributed by atoms with E-state index in [2.05, 4.69) is 105 Å². The van der Waals surface area contributed by atoms with Crippen LogP contribution < -0.4 is 20.8 Å². The van der Waals surface area contributed by atoms with Gasteiger partial charge in [0.15, 0.2) is 0 Å². The SMILES string of the molecule is Cc1cccc(P(c2ccccc2)c2ccccc2)c1N(C)C. The first-order valence-corrected chi connectivity index (χ1v) is 9.20. The maximum atomic E-state index is 2.29. The van der Waals surface area contributed by atoms with E-state index in [0.29, 0.717) is 0 Å². The summed E-state index contributed by atoms with van der Waals surface area (Å²) in [6.07, 6.45) is 0. The van der Waals surface area contributed by atoms with Gasteiger partial charge in [-0.25, -0.2) is 0 Å². The quantitative estimate of drug-likeness (QED) is 0.661. The molecule has 3 aromatic carbocycles. The summed E-state index contributed by atoms with van der Waals surface area (Å²) in [4.78, 5) is 2.24. The number of para-hydroxylation sites is 1. The smallest absolute Gasteiger partial charge is 0.0475 e. The molecule has 0 bridgehead atoms. The van der Waals surface area contributed by atoms with Crippen LogP contribution in [0.25, 0.3) is 0 Å². The summed E-state index contributed by atoms with van der Waals surface area (Å²) < 4.78 is 0.